The summed E-state index contributed by atoms with van der Waals surface area (Å²) in [6.45, 7) is 7.63. The van der Waals surface area contributed by atoms with Crippen molar-refractivity contribution in [2.75, 3.05) is 32.7 Å². The van der Waals surface area contributed by atoms with E-state index in [1.165, 1.54) is 5.69 Å². The van der Waals surface area contributed by atoms with E-state index in [0.717, 1.165) is 45.8 Å². The Morgan fingerprint density at radius 3 is 2.50 bits per heavy atom. The van der Waals surface area contributed by atoms with Gasteiger partial charge in [-0.2, -0.15) is 0 Å². The summed E-state index contributed by atoms with van der Waals surface area (Å²) in [6, 6.07) is 6.13. The minimum absolute atomic E-state index is 0.968. The van der Waals surface area contributed by atoms with Crippen LogP contribution in [0.15, 0.2) is 43.1 Å². The van der Waals surface area contributed by atoms with Gasteiger partial charge in [0.25, 0.3) is 0 Å². The molecular weight excluding hydrogens is 250 g/mol. The van der Waals surface area contributed by atoms with Gasteiger partial charge in [-0.25, -0.2) is 4.98 Å². The first kappa shape index (κ1) is 13.3. The van der Waals surface area contributed by atoms with Gasteiger partial charge in [-0.1, -0.05) is 6.07 Å². The van der Waals surface area contributed by atoms with Gasteiger partial charge in [0.15, 0.2) is 0 Å². The largest absolute Gasteiger partial charge is 0.336 e. The molecule has 3 rings (SSSR count). The van der Waals surface area contributed by atoms with Gasteiger partial charge in [-0.3, -0.25) is 14.8 Å². The molecule has 20 heavy (non-hydrogen) atoms. The van der Waals surface area contributed by atoms with Crippen molar-refractivity contribution in [2.45, 2.75) is 13.1 Å². The van der Waals surface area contributed by atoms with Crippen LogP contribution in [-0.4, -0.2) is 57.1 Å². The van der Waals surface area contributed by atoms with Crippen molar-refractivity contribution in [1.82, 2.24) is 24.3 Å². The molecule has 0 radical (unpaired) electrons. The van der Waals surface area contributed by atoms with Crippen LogP contribution in [0.3, 0.4) is 0 Å². The van der Waals surface area contributed by atoms with E-state index in [1.807, 2.05) is 31.0 Å². The monoisotopic (exact) mass is 271 g/mol. The molecule has 1 saturated heterocycles. The molecule has 0 saturated carbocycles. The molecule has 1 aliphatic heterocycles. The highest BCUT2D eigenvalue weighted by Gasteiger charge is 2.16. The topological polar surface area (TPSA) is 37.2 Å². The number of pyridine rings is 1. The first-order valence-electron chi connectivity index (χ1n) is 7.20. The summed E-state index contributed by atoms with van der Waals surface area (Å²) >= 11 is 0. The van der Waals surface area contributed by atoms with Crippen molar-refractivity contribution >= 4 is 0 Å². The number of hydrogen-bond acceptors (Lipinski definition) is 4. The maximum Gasteiger partial charge on any atom is 0.0946 e. The van der Waals surface area contributed by atoms with Gasteiger partial charge in [0, 0.05) is 64.4 Å². The summed E-state index contributed by atoms with van der Waals surface area (Å²) < 4.78 is 2.14. The maximum absolute atomic E-state index is 4.40. The molecule has 0 amide bonds. The lowest BCUT2D eigenvalue weighted by molar-refractivity contribution is 0.123. The molecule has 0 N–H and O–H groups in total. The normalized spacial score (nSPS) is 17.4. The standard InChI is InChI=1S/C15H21N5/c1-2-4-17-15(3-1)13-19-10-7-18(8-11-19)9-12-20-6-5-16-14-20/h1-6,14H,7-13H2. The number of aromatic nitrogens is 3. The van der Waals surface area contributed by atoms with E-state index in [4.69, 9.17) is 0 Å². The third kappa shape index (κ3) is 3.65. The van der Waals surface area contributed by atoms with E-state index in [2.05, 4.69) is 36.5 Å². The van der Waals surface area contributed by atoms with Gasteiger partial charge < -0.3 is 4.57 Å². The van der Waals surface area contributed by atoms with Crippen LogP contribution in [0.2, 0.25) is 0 Å². The molecule has 0 bridgehead atoms. The van der Waals surface area contributed by atoms with E-state index in [1.54, 1.807) is 0 Å². The SMILES string of the molecule is c1ccc(CN2CCN(CCn3ccnc3)CC2)nc1. The Hall–Kier alpha value is -1.72. The quantitative estimate of drug-likeness (QED) is 0.816. The lowest BCUT2D eigenvalue weighted by atomic mass is 10.2. The number of rotatable bonds is 5. The Morgan fingerprint density at radius 2 is 1.80 bits per heavy atom. The second-order valence-electron chi connectivity index (χ2n) is 5.24. The molecule has 0 unspecified atom stereocenters. The minimum Gasteiger partial charge on any atom is -0.336 e. The fraction of sp³-hybridized carbons (Fsp3) is 0.467. The van der Waals surface area contributed by atoms with Crippen molar-refractivity contribution in [3.63, 3.8) is 0 Å². The van der Waals surface area contributed by atoms with Gasteiger partial charge >= 0.3 is 0 Å². The van der Waals surface area contributed by atoms with Crippen molar-refractivity contribution in [1.29, 1.82) is 0 Å². The molecule has 0 spiro atoms. The summed E-state index contributed by atoms with van der Waals surface area (Å²) in [7, 11) is 0. The molecule has 106 valence electrons. The smallest absolute Gasteiger partial charge is 0.0946 e. The lowest BCUT2D eigenvalue weighted by Crippen LogP contribution is -2.46. The molecule has 2 aromatic rings. The van der Waals surface area contributed by atoms with Gasteiger partial charge in [0.2, 0.25) is 0 Å². The molecule has 0 aromatic carbocycles. The second kappa shape index (κ2) is 6.63. The fourth-order valence-electron chi connectivity index (χ4n) is 2.57. The van der Waals surface area contributed by atoms with Crippen LogP contribution in [0.5, 0.6) is 0 Å². The highest BCUT2D eigenvalue weighted by molar-refractivity contribution is 5.03. The second-order valence-corrected chi connectivity index (χ2v) is 5.24. The molecule has 0 aliphatic carbocycles. The molecule has 5 nitrogen and oxygen atoms in total. The van der Waals surface area contributed by atoms with Crippen molar-refractivity contribution < 1.29 is 0 Å². The average molecular weight is 271 g/mol. The molecule has 3 heterocycles. The highest BCUT2D eigenvalue weighted by Crippen LogP contribution is 2.06. The van der Waals surface area contributed by atoms with Crippen molar-refractivity contribution in [3.05, 3.63) is 48.8 Å². The molecule has 1 fully saturated rings. The Kier molecular flexibility index (Phi) is 4.40. The highest BCUT2D eigenvalue weighted by atomic mass is 15.3. The van der Waals surface area contributed by atoms with Gasteiger partial charge in [0.1, 0.15) is 0 Å². The zero-order chi connectivity index (χ0) is 13.6. The van der Waals surface area contributed by atoms with E-state index in [9.17, 15) is 0 Å². The number of hydrogen-bond donors (Lipinski definition) is 0. The Balaban J connectivity index is 1.40. The molecule has 0 atom stereocenters. The number of imidazole rings is 1. The molecular formula is C15H21N5. The van der Waals surface area contributed by atoms with Gasteiger partial charge in [-0.05, 0) is 12.1 Å². The third-order valence-corrected chi connectivity index (χ3v) is 3.81. The fourth-order valence-corrected chi connectivity index (χ4v) is 2.57. The Labute approximate surface area is 119 Å². The van der Waals surface area contributed by atoms with Crippen LogP contribution in [-0.2, 0) is 13.1 Å². The molecule has 1 aliphatic rings. The van der Waals surface area contributed by atoms with Gasteiger partial charge in [0.05, 0.1) is 12.0 Å². The predicted molar refractivity (Wildman–Crippen MR) is 78.2 cm³/mol. The van der Waals surface area contributed by atoms with Gasteiger partial charge in [-0.15, -0.1) is 0 Å². The maximum atomic E-state index is 4.40. The minimum atomic E-state index is 0.968. The zero-order valence-corrected chi connectivity index (χ0v) is 11.7. The predicted octanol–water partition coefficient (Wildman–Crippen LogP) is 1.10. The molecule has 2 aromatic heterocycles. The Morgan fingerprint density at radius 1 is 0.950 bits per heavy atom. The van der Waals surface area contributed by atoms with Crippen LogP contribution in [0.4, 0.5) is 0 Å². The van der Waals surface area contributed by atoms with E-state index < -0.39 is 0 Å². The van der Waals surface area contributed by atoms with Crippen LogP contribution in [0.25, 0.3) is 0 Å². The third-order valence-electron chi connectivity index (χ3n) is 3.81. The first-order valence-corrected chi connectivity index (χ1v) is 7.20. The average Bonchev–Trinajstić information content (AvgIpc) is 3.01. The molecule has 5 heteroatoms. The van der Waals surface area contributed by atoms with E-state index in [-0.39, 0.29) is 0 Å². The first-order chi connectivity index (χ1) is 9.90. The van der Waals surface area contributed by atoms with Crippen molar-refractivity contribution in [2.24, 2.45) is 0 Å². The lowest BCUT2D eigenvalue weighted by Gasteiger charge is -2.34. The number of nitrogens with zero attached hydrogens (tertiary/aromatic N) is 5. The van der Waals surface area contributed by atoms with Crippen LogP contribution < -0.4 is 0 Å². The zero-order valence-electron chi connectivity index (χ0n) is 11.7. The summed E-state index contributed by atoms with van der Waals surface area (Å²) in [4.78, 5) is 13.5. The Bertz CT molecular complexity index is 488. The van der Waals surface area contributed by atoms with Crippen LogP contribution in [0.1, 0.15) is 5.69 Å². The van der Waals surface area contributed by atoms with Crippen molar-refractivity contribution in [3.8, 4) is 0 Å². The van der Waals surface area contributed by atoms with Crippen LogP contribution in [0, 0.1) is 0 Å². The van der Waals surface area contributed by atoms with Crippen LogP contribution >= 0.6 is 0 Å². The summed E-state index contributed by atoms with van der Waals surface area (Å²) in [5.74, 6) is 0. The number of piperazine rings is 1. The summed E-state index contributed by atoms with van der Waals surface area (Å²) in [5.41, 5.74) is 1.17. The summed E-state index contributed by atoms with van der Waals surface area (Å²) in [6.07, 6.45) is 7.62. The van der Waals surface area contributed by atoms with E-state index >= 15 is 0 Å². The summed E-state index contributed by atoms with van der Waals surface area (Å²) in [5, 5.41) is 0. The van der Waals surface area contributed by atoms with E-state index in [0.29, 0.717) is 0 Å².